The van der Waals surface area contributed by atoms with Crippen molar-refractivity contribution < 1.29 is 42.2 Å². The molecule has 4 aromatic carbocycles. The molecular weight excluding hydrogens is 902 g/mol. The number of likely N-dealkylation sites (tertiary alicyclic amines) is 2. The summed E-state index contributed by atoms with van der Waals surface area (Å²) in [6.45, 7) is 9.41. The zero-order valence-corrected chi connectivity index (χ0v) is 39.3. The number of rotatable bonds is 13. The topological polar surface area (TPSA) is 173 Å². The Bertz CT molecular complexity index is 2960. The highest BCUT2D eigenvalue weighted by molar-refractivity contribution is 6.07. The Balaban J connectivity index is 0.740. The van der Waals surface area contributed by atoms with Gasteiger partial charge in [-0.05, 0) is 136 Å². The smallest absolute Gasteiger partial charge is 0.328 e. The van der Waals surface area contributed by atoms with Crippen molar-refractivity contribution in [1.82, 2.24) is 30.1 Å². The summed E-state index contributed by atoms with van der Waals surface area (Å²) in [5.41, 5.74) is 3.94. The Morgan fingerprint density at radius 3 is 2.34 bits per heavy atom. The van der Waals surface area contributed by atoms with Gasteiger partial charge in [-0.15, -0.1) is 0 Å². The van der Waals surface area contributed by atoms with Crippen molar-refractivity contribution in [3.63, 3.8) is 0 Å². The number of anilines is 2. The number of aromatic nitrogens is 3. The highest BCUT2D eigenvalue weighted by atomic mass is 19.1. The van der Waals surface area contributed by atoms with Crippen molar-refractivity contribution in [3.05, 3.63) is 130 Å². The van der Waals surface area contributed by atoms with Gasteiger partial charge in [0, 0.05) is 67.0 Å². The van der Waals surface area contributed by atoms with Crippen LogP contribution in [0.2, 0.25) is 0 Å². The number of amides is 5. The first-order valence-corrected chi connectivity index (χ1v) is 23.7. The summed E-state index contributed by atoms with van der Waals surface area (Å²) in [6, 6.07) is 19.7. The molecule has 6 aromatic rings. The van der Waals surface area contributed by atoms with Crippen molar-refractivity contribution in [3.8, 4) is 22.5 Å². The Hall–Kier alpha value is -6.95. The van der Waals surface area contributed by atoms with Gasteiger partial charge in [-0.25, -0.2) is 27.9 Å². The summed E-state index contributed by atoms with van der Waals surface area (Å²) < 4.78 is 51.3. The van der Waals surface area contributed by atoms with E-state index in [9.17, 15) is 33.1 Å². The van der Waals surface area contributed by atoms with E-state index < -0.39 is 40.9 Å². The van der Waals surface area contributed by atoms with E-state index >= 15 is 4.39 Å². The third kappa shape index (κ3) is 10.6. The Labute approximate surface area is 403 Å². The fourth-order valence-corrected chi connectivity index (χ4v) is 9.55. The number of aliphatic hydroxyl groups is 1. The maximum Gasteiger partial charge on any atom is 0.328 e. The number of piperidine rings is 2. The first-order chi connectivity index (χ1) is 33.6. The normalized spacial score (nSPS) is 16.5. The molecule has 3 fully saturated rings. The predicted molar refractivity (Wildman–Crippen MR) is 258 cm³/mol. The largest absolute Gasteiger partial charge is 0.386 e. The number of H-pyrrole nitrogens is 1. The van der Waals surface area contributed by atoms with Crippen LogP contribution in [0.25, 0.3) is 33.5 Å². The molecule has 5 amide bonds. The number of benzene rings is 4. The van der Waals surface area contributed by atoms with Crippen molar-refractivity contribution in [2.75, 3.05) is 49.5 Å². The van der Waals surface area contributed by atoms with Gasteiger partial charge in [0.1, 0.15) is 29.4 Å². The minimum Gasteiger partial charge on any atom is -0.386 e. The van der Waals surface area contributed by atoms with Gasteiger partial charge in [0.05, 0.1) is 35.3 Å². The Morgan fingerprint density at radius 2 is 1.63 bits per heavy atom. The summed E-state index contributed by atoms with van der Waals surface area (Å²) in [5, 5.41) is 15.8. The number of carbonyl (C=O) groups is 4. The van der Waals surface area contributed by atoms with E-state index in [0.717, 1.165) is 79.5 Å². The van der Waals surface area contributed by atoms with Crippen molar-refractivity contribution in [2.24, 2.45) is 5.92 Å². The fraction of sp³-hybridized carbons (Fsp3) is 0.358. The van der Waals surface area contributed by atoms with E-state index in [4.69, 9.17) is 4.74 Å². The van der Waals surface area contributed by atoms with Crippen LogP contribution < -0.4 is 15.5 Å². The number of nitrogens with zero attached hydrogens (tertiary/aromatic N) is 5. The Kier molecular flexibility index (Phi) is 13.9. The lowest BCUT2D eigenvalue weighted by atomic mass is 9.92. The standard InChI is InChI=1S/C53H55F3N8O6/c1-31-40(26-37(54)27-44(31)60-50(66)39-10-9-36(25-43(39)56)53(2,3)69)48-41-28-45(59-49(41)58-30-57-48)34-6-4-33(5-7-34)29-70-38-15-19-62(20-16-38)18-12-32-13-21-63(22-14-32)51(67)35-8-11-42(55)46(24-35)64-23-17-47(65)61-52(64)68/h4-11,24-28,30,32,38,69H,12-23,29H2,1-3H3,(H,60,66)(H,57,58,59)(H,61,65,68). The Morgan fingerprint density at radius 1 is 0.871 bits per heavy atom. The van der Waals surface area contributed by atoms with Crippen LogP contribution in [0.3, 0.4) is 0 Å². The van der Waals surface area contributed by atoms with Crippen LogP contribution in [-0.4, -0.2) is 99.0 Å². The van der Waals surface area contributed by atoms with Gasteiger partial charge in [0.15, 0.2) is 0 Å². The summed E-state index contributed by atoms with van der Waals surface area (Å²) >= 11 is 0. The van der Waals surface area contributed by atoms with E-state index in [1.54, 1.807) is 11.8 Å². The molecule has 14 nitrogen and oxygen atoms in total. The number of fused-ring (bicyclic) bond motifs is 1. The van der Waals surface area contributed by atoms with E-state index in [2.05, 4.69) is 30.5 Å². The van der Waals surface area contributed by atoms with E-state index in [1.807, 2.05) is 30.3 Å². The number of urea groups is 1. The van der Waals surface area contributed by atoms with Crippen molar-refractivity contribution in [2.45, 2.75) is 77.6 Å². The van der Waals surface area contributed by atoms with Gasteiger partial charge in [0.2, 0.25) is 5.91 Å². The number of halogens is 3. The lowest BCUT2D eigenvalue weighted by molar-refractivity contribution is -0.120. The van der Waals surface area contributed by atoms with Crippen molar-refractivity contribution in [1.29, 1.82) is 0 Å². The van der Waals surface area contributed by atoms with Gasteiger partial charge in [-0.3, -0.25) is 24.6 Å². The van der Waals surface area contributed by atoms with Gasteiger partial charge < -0.3 is 29.9 Å². The number of aromatic amines is 1. The molecule has 0 spiro atoms. The first kappa shape index (κ1) is 48.1. The maximum absolute atomic E-state index is 15.2. The molecule has 0 atom stereocenters. The zero-order chi connectivity index (χ0) is 49.3. The molecule has 17 heteroatoms. The molecule has 0 saturated carbocycles. The van der Waals surface area contributed by atoms with Crippen LogP contribution in [-0.2, 0) is 21.7 Å². The number of hydrogen-bond donors (Lipinski definition) is 4. The first-order valence-electron chi connectivity index (χ1n) is 23.7. The summed E-state index contributed by atoms with van der Waals surface area (Å²) in [4.78, 5) is 68.3. The minimum absolute atomic E-state index is 0.0108. The van der Waals surface area contributed by atoms with Gasteiger partial charge >= 0.3 is 6.03 Å². The number of ether oxygens (including phenoxy) is 1. The molecule has 364 valence electrons. The molecule has 0 unspecified atom stereocenters. The van der Waals surface area contributed by atoms with Crippen LogP contribution in [0.5, 0.6) is 0 Å². The molecule has 3 saturated heterocycles. The molecule has 3 aliphatic rings. The highest BCUT2D eigenvalue weighted by Gasteiger charge is 2.30. The van der Waals surface area contributed by atoms with Gasteiger partial charge in [0.25, 0.3) is 11.8 Å². The minimum atomic E-state index is -1.30. The molecule has 0 bridgehead atoms. The van der Waals surface area contributed by atoms with Gasteiger partial charge in [-0.2, -0.15) is 0 Å². The second kappa shape index (κ2) is 20.2. The number of hydrogen-bond acceptors (Lipinski definition) is 9. The van der Waals surface area contributed by atoms with Gasteiger partial charge in [-0.1, -0.05) is 30.3 Å². The fourth-order valence-electron chi connectivity index (χ4n) is 9.55. The van der Waals surface area contributed by atoms with Crippen LogP contribution in [0.4, 0.5) is 29.3 Å². The lowest BCUT2D eigenvalue weighted by Gasteiger charge is -2.35. The SMILES string of the molecule is Cc1c(NC(=O)c2ccc(C(C)(C)O)cc2F)cc(F)cc1-c1ncnc2[nH]c(-c3ccc(COC4CCN(CCC5CCN(C(=O)c6ccc(F)c(N7CCC(=O)NC7=O)c6)CC5)CC4)cc3)cc12. The molecule has 5 heterocycles. The molecule has 2 aromatic heterocycles. The predicted octanol–water partition coefficient (Wildman–Crippen LogP) is 8.87. The summed E-state index contributed by atoms with van der Waals surface area (Å²) in [6.07, 6.45) is 6.30. The van der Waals surface area contributed by atoms with Crippen LogP contribution in [0.15, 0.2) is 85.2 Å². The second-order valence-electron chi connectivity index (χ2n) is 19.0. The highest BCUT2D eigenvalue weighted by Crippen LogP contribution is 2.36. The molecule has 4 N–H and O–H groups in total. The number of nitrogens with one attached hydrogen (secondary N) is 3. The summed E-state index contributed by atoms with van der Waals surface area (Å²) in [5.74, 6) is -2.92. The molecule has 3 aliphatic heterocycles. The average molecular weight is 957 g/mol. The molecule has 0 aliphatic carbocycles. The maximum atomic E-state index is 15.2. The van der Waals surface area contributed by atoms with E-state index in [1.165, 1.54) is 62.6 Å². The molecule has 0 radical (unpaired) electrons. The molecule has 70 heavy (non-hydrogen) atoms. The average Bonchev–Trinajstić information content (AvgIpc) is 3.79. The van der Waals surface area contributed by atoms with Crippen LogP contribution in [0, 0.1) is 30.3 Å². The third-order valence-corrected chi connectivity index (χ3v) is 13.8. The zero-order valence-electron chi connectivity index (χ0n) is 39.3. The summed E-state index contributed by atoms with van der Waals surface area (Å²) in [7, 11) is 0. The molecule has 9 rings (SSSR count). The second-order valence-corrected chi connectivity index (χ2v) is 19.0. The van der Waals surface area contributed by atoms with Crippen LogP contribution in [0.1, 0.15) is 89.8 Å². The lowest BCUT2D eigenvalue weighted by Crippen LogP contribution is -2.50. The molecular formula is C53H55F3N8O6. The number of imide groups is 1. The van der Waals surface area contributed by atoms with Crippen LogP contribution >= 0.6 is 0 Å². The van der Waals surface area contributed by atoms with Crippen molar-refractivity contribution >= 4 is 46.2 Å². The number of carbonyl (C=O) groups excluding carboxylic acids is 4. The monoisotopic (exact) mass is 956 g/mol. The quantitative estimate of drug-likeness (QED) is 0.0882. The third-order valence-electron chi connectivity index (χ3n) is 13.8. The van der Waals surface area contributed by atoms with E-state index in [-0.39, 0.29) is 41.9 Å². The van der Waals surface area contributed by atoms with E-state index in [0.29, 0.717) is 64.6 Å².